The average Bonchev–Trinajstić information content (AvgIpc) is 3.70. The predicted octanol–water partition coefficient (Wildman–Crippen LogP) is 7.81. The van der Waals surface area contributed by atoms with Gasteiger partial charge in [0.25, 0.3) is 0 Å². The molecule has 1 amide bonds. The molecule has 296 valence electrons. The molecule has 0 aliphatic carbocycles. The summed E-state index contributed by atoms with van der Waals surface area (Å²) in [7, 11) is 1.69. The van der Waals surface area contributed by atoms with Gasteiger partial charge in [0.2, 0.25) is 5.62 Å². The number of carbonyl (C=O) groups excluding carboxylic acids is 3. The second kappa shape index (κ2) is 17.2. The number of benzene rings is 2. The van der Waals surface area contributed by atoms with Crippen LogP contribution in [0.4, 0.5) is 18.0 Å². The summed E-state index contributed by atoms with van der Waals surface area (Å²) in [6.45, 7) is 9.36. The Balaban J connectivity index is 1.47. The number of carbonyl (C=O) groups is 3. The van der Waals surface area contributed by atoms with Crippen molar-refractivity contribution in [3.8, 4) is 22.6 Å². The molecule has 2 aromatic carbocycles. The first-order valence-corrected chi connectivity index (χ1v) is 18.4. The van der Waals surface area contributed by atoms with E-state index in [-0.39, 0.29) is 72.3 Å². The minimum Gasteiger partial charge on any atom is -0.492 e. The maximum atomic E-state index is 14.4. The third-order valence-corrected chi connectivity index (χ3v) is 8.97. The van der Waals surface area contributed by atoms with Crippen molar-refractivity contribution in [1.29, 1.82) is 0 Å². The fourth-order valence-electron chi connectivity index (χ4n) is 6.14. The van der Waals surface area contributed by atoms with Gasteiger partial charge in [-0.3, -0.25) is 14.3 Å². The molecular weight excluding hydrogens is 743 g/mol. The van der Waals surface area contributed by atoms with Gasteiger partial charge in [0, 0.05) is 49.7 Å². The number of hydrogen-bond acceptors (Lipinski definition) is 8. The summed E-state index contributed by atoms with van der Waals surface area (Å²) in [5, 5.41) is 4.18. The molecule has 0 radical (unpaired) electrons. The highest BCUT2D eigenvalue weighted by atomic mass is 35.5. The van der Waals surface area contributed by atoms with E-state index in [9.17, 15) is 27.6 Å². The number of fused-ring (bicyclic) bond motifs is 1. The quantitative estimate of drug-likeness (QED) is 0.0992. The lowest BCUT2D eigenvalue weighted by atomic mass is 9.86. The van der Waals surface area contributed by atoms with Gasteiger partial charge in [0.15, 0.2) is 11.5 Å². The third kappa shape index (κ3) is 10.4. The zero-order chi connectivity index (χ0) is 40.1. The highest BCUT2D eigenvalue weighted by molar-refractivity contribution is 6.32. The van der Waals surface area contributed by atoms with E-state index in [4.69, 9.17) is 30.5 Å². The van der Waals surface area contributed by atoms with E-state index >= 15 is 0 Å². The molecule has 0 fully saturated rings. The van der Waals surface area contributed by atoms with Gasteiger partial charge in [-0.2, -0.15) is 18.3 Å². The minimum absolute atomic E-state index is 0.0332. The van der Waals surface area contributed by atoms with Crippen molar-refractivity contribution < 1.29 is 46.5 Å². The lowest BCUT2D eigenvalue weighted by Crippen LogP contribution is -2.31. The maximum Gasteiger partial charge on any atom is 0.437 e. The molecule has 0 spiro atoms. The molecule has 1 aliphatic rings. The summed E-state index contributed by atoms with van der Waals surface area (Å²) >= 11 is 6.41. The first kappa shape index (κ1) is 41.1. The molecule has 0 saturated heterocycles. The molecule has 0 N–H and O–H groups in total. The summed E-state index contributed by atoms with van der Waals surface area (Å²) in [6, 6.07) is 8.34. The standard InChI is InChI=1S/C39H45ClF3N5O7/c1-7-48-22-29(35(45-48)39(41,42)43)27-18-25(21-47-15-14-46(6)36(47)44-37(51)55-38(3,4)5)19-28-33(50)26(23-54-34(27)28)17-24-12-13-30(40)31(20-24)53-16-10-9-11-32(49)52-8-2/h12-15,18-20,22,26H,7-11,16-17,21,23H2,1-6H3/b44-36-. The Morgan fingerprint density at radius 2 is 1.78 bits per heavy atom. The number of Topliss-reactive ketones (excluding diaryl/α,β-unsaturated/α-hetero) is 1. The summed E-state index contributed by atoms with van der Waals surface area (Å²) in [5.74, 6) is -0.808. The number of nitrogens with zero attached hydrogens (tertiary/aromatic N) is 5. The Hall–Kier alpha value is -5.05. The van der Waals surface area contributed by atoms with Crippen LogP contribution < -0.4 is 15.1 Å². The number of hydrogen-bond donors (Lipinski definition) is 0. The number of ether oxygens (including phenoxy) is 4. The molecule has 12 nitrogen and oxygen atoms in total. The second-order valence-corrected chi connectivity index (χ2v) is 14.6. The number of esters is 1. The number of rotatable bonds is 13. The molecule has 0 bridgehead atoms. The van der Waals surface area contributed by atoms with E-state index < -0.39 is 29.5 Å². The van der Waals surface area contributed by atoms with Crippen molar-refractivity contribution in [1.82, 2.24) is 18.9 Å². The highest BCUT2D eigenvalue weighted by Crippen LogP contribution is 2.44. The fourth-order valence-corrected chi connectivity index (χ4v) is 6.31. The van der Waals surface area contributed by atoms with Gasteiger partial charge < -0.3 is 28.1 Å². The Morgan fingerprint density at radius 1 is 1.04 bits per heavy atom. The van der Waals surface area contributed by atoms with Gasteiger partial charge in [-0.25, -0.2) is 4.79 Å². The van der Waals surface area contributed by atoms with Crippen LogP contribution in [0.3, 0.4) is 0 Å². The highest BCUT2D eigenvalue weighted by Gasteiger charge is 2.40. The summed E-state index contributed by atoms with van der Waals surface area (Å²) in [5.41, 5.74) is -0.494. The smallest absolute Gasteiger partial charge is 0.437 e. The van der Waals surface area contributed by atoms with E-state index in [1.807, 2.05) is 0 Å². The predicted molar refractivity (Wildman–Crippen MR) is 197 cm³/mol. The minimum atomic E-state index is -4.79. The zero-order valence-corrected chi connectivity index (χ0v) is 32.4. The van der Waals surface area contributed by atoms with Crippen LogP contribution in [-0.2, 0) is 47.0 Å². The largest absolute Gasteiger partial charge is 0.492 e. The average molecular weight is 788 g/mol. The number of aryl methyl sites for hydroxylation is 2. The van der Waals surface area contributed by atoms with Crippen molar-refractivity contribution in [2.75, 3.05) is 19.8 Å². The molecule has 5 rings (SSSR count). The van der Waals surface area contributed by atoms with Crippen molar-refractivity contribution >= 4 is 29.4 Å². The number of aromatic nitrogens is 4. The van der Waals surface area contributed by atoms with E-state index in [2.05, 4.69) is 10.1 Å². The Bertz CT molecular complexity index is 2110. The second-order valence-electron chi connectivity index (χ2n) is 14.1. The normalized spacial score (nSPS) is 14.8. The number of halogens is 4. The summed E-state index contributed by atoms with van der Waals surface area (Å²) in [4.78, 5) is 42.7. The van der Waals surface area contributed by atoms with Crippen LogP contribution in [0.25, 0.3) is 11.1 Å². The number of unbranched alkanes of at least 4 members (excludes halogenated alkanes) is 1. The first-order valence-electron chi connectivity index (χ1n) is 18.0. The molecule has 16 heteroatoms. The van der Waals surface area contributed by atoms with Crippen LogP contribution in [-0.4, -0.2) is 62.2 Å². The SMILES string of the molecule is CCOC(=O)CCCCOc1cc(CC2COc3c(cc(Cn4ccn(C)/c4=N/C(=O)OC(C)(C)C)cc3-c3cn(CC)nc3C(F)(F)F)C2=O)ccc1Cl. The lowest BCUT2D eigenvalue weighted by molar-refractivity contribution is -0.143. The van der Waals surface area contributed by atoms with Crippen molar-refractivity contribution in [2.24, 2.45) is 18.0 Å². The van der Waals surface area contributed by atoms with Gasteiger partial charge in [-0.05, 0) is 89.3 Å². The van der Waals surface area contributed by atoms with Crippen molar-refractivity contribution in [3.63, 3.8) is 0 Å². The summed E-state index contributed by atoms with van der Waals surface area (Å²) in [6.07, 6.45) is 0.740. The van der Waals surface area contributed by atoms with Crippen molar-refractivity contribution in [3.05, 3.63) is 81.9 Å². The van der Waals surface area contributed by atoms with Crippen LogP contribution in [0.1, 0.15) is 81.1 Å². The van der Waals surface area contributed by atoms with E-state index in [1.165, 1.54) is 10.9 Å². The van der Waals surface area contributed by atoms with Crippen LogP contribution in [0.2, 0.25) is 5.02 Å². The van der Waals surface area contributed by atoms with Gasteiger partial charge in [0.05, 0.1) is 42.9 Å². The van der Waals surface area contributed by atoms with Crippen molar-refractivity contribution in [2.45, 2.75) is 85.2 Å². The van der Waals surface area contributed by atoms with E-state index in [1.54, 1.807) is 93.5 Å². The molecule has 1 unspecified atom stereocenters. The van der Waals surface area contributed by atoms with Gasteiger partial charge >= 0.3 is 18.2 Å². The lowest BCUT2D eigenvalue weighted by Gasteiger charge is -2.27. The zero-order valence-electron chi connectivity index (χ0n) is 31.7. The number of amides is 1. The number of ketones is 1. The fraction of sp³-hybridized carbons (Fsp3) is 0.462. The molecule has 0 saturated carbocycles. The van der Waals surface area contributed by atoms with Gasteiger partial charge in [-0.1, -0.05) is 17.7 Å². The van der Waals surface area contributed by atoms with Crippen LogP contribution >= 0.6 is 11.6 Å². The molecule has 3 heterocycles. The Morgan fingerprint density at radius 3 is 2.47 bits per heavy atom. The molecule has 4 aromatic rings. The van der Waals surface area contributed by atoms with Gasteiger partial charge in [-0.15, -0.1) is 4.99 Å². The molecule has 1 atom stereocenters. The van der Waals surface area contributed by atoms with E-state index in [0.717, 1.165) is 5.56 Å². The van der Waals surface area contributed by atoms with Crippen LogP contribution in [0.5, 0.6) is 11.5 Å². The van der Waals surface area contributed by atoms with Crippen LogP contribution in [0.15, 0.2) is 53.9 Å². The maximum absolute atomic E-state index is 14.4. The monoisotopic (exact) mass is 787 g/mol. The van der Waals surface area contributed by atoms with Gasteiger partial charge in [0.1, 0.15) is 17.1 Å². The Kier molecular flexibility index (Phi) is 12.8. The van der Waals surface area contributed by atoms with E-state index in [0.29, 0.717) is 42.4 Å². The number of imidazole rings is 1. The van der Waals surface area contributed by atoms with Crippen LogP contribution in [0, 0.1) is 5.92 Å². The topological polar surface area (TPSA) is 128 Å². The third-order valence-electron chi connectivity index (χ3n) is 8.65. The molecule has 1 aliphatic heterocycles. The molecule has 55 heavy (non-hydrogen) atoms. The molecular formula is C39H45ClF3N5O7. The number of alkyl halides is 3. The molecule has 2 aromatic heterocycles. The first-order chi connectivity index (χ1) is 26.0. The Labute approximate surface area is 321 Å². The summed E-state index contributed by atoms with van der Waals surface area (Å²) < 4.78 is 70.0.